The predicted octanol–water partition coefficient (Wildman–Crippen LogP) is 2.43. The Morgan fingerprint density at radius 2 is 2.18 bits per heavy atom. The summed E-state index contributed by atoms with van der Waals surface area (Å²) >= 11 is 0. The molecular weight excluding hydrogens is 221 g/mol. The molecule has 0 saturated carbocycles. The van der Waals surface area contributed by atoms with Gasteiger partial charge in [-0.1, -0.05) is 12.1 Å². The standard InChI is InChI=1S/C13H18FNO2/c1-4-17-13(16)10(3)15-9(2)11-6-5-7-12(14)8-11/h5-10,15H,4H2,1-3H3/t9-,10?/m0/s1. The number of nitrogens with one attached hydrogen (secondary N) is 1. The number of benzene rings is 1. The van der Waals surface area contributed by atoms with E-state index in [4.69, 9.17) is 4.74 Å². The van der Waals surface area contributed by atoms with Gasteiger partial charge in [0, 0.05) is 6.04 Å². The van der Waals surface area contributed by atoms with Gasteiger partial charge in [0.15, 0.2) is 0 Å². The number of esters is 1. The lowest BCUT2D eigenvalue weighted by molar-refractivity contribution is -0.145. The monoisotopic (exact) mass is 239 g/mol. The van der Waals surface area contributed by atoms with Crippen LogP contribution in [0, 0.1) is 5.82 Å². The van der Waals surface area contributed by atoms with Crippen LogP contribution in [-0.2, 0) is 9.53 Å². The largest absolute Gasteiger partial charge is 0.465 e. The van der Waals surface area contributed by atoms with Crippen molar-refractivity contribution in [2.75, 3.05) is 6.61 Å². The van der Waals surface area contributed by atoms with Crippen molar-refractivity contribution in [1.82, 2.24) is 5.32 Å². The van der Waals surface area contributed by atoms with Gasteiger partial charge in [-0.15, -0.1) is 0 Å². The minimum absolute atomic E-state index is 0.106. The minimum atomic E-state index is -0.409. The van der Waals surface area contributed by atoms with Gasteiger partial charge in [0.2, 0.25) is 0 Å². The number of hydrogen-bond acceptors (Lipinski definition) is 3. The molecule has 0 heterocycles. The molecule has 0 aliphatic rings. The lowest BCUT2D eigenvalue weighted by Crippen LogP contribution is -2.37. The van der Waals surface area contributed by atoms with Crippen LogP contribution in [0.25, 0.3) is 0 Å². The van der Waals surface area contributed by atoms with Crippen molar-refractivity contribution in [1.29, 1.82) is 0 Å². The summed E-state index contributed by atoms with van der Waals surface area (Å²) < 4.78 is 17.9. The van der Waals surface area contributed by atoms with Crippen molar-refractivity contribution >= 4 is 5.97 Å². The molecule has 1 aromatic rings. The number of halogens is 1. The maximum atomic E-state index is 13.0. The molecule has 0 spiro atoms. The van der Waals surface area contributed by atoms with E-state index < -0.39 is 6.04 Å². The quantitative estimate of drug-likeness (QED) is 0.802. The second-order valence-corrected chi connectivity index (χ2v) is 3.92. The van der Waals surface area contributed by atoms with Gasteiger partial charge >= 0.3 is 5.97 Å². The highest BCUT2D eigenvalue weighted by Gasteiger charge is 2.17. The highest BCUT2D eigenvalue weighted by molar-refractivity contribution is 5.75. The molecule has 0 bridgehead atoms. The summed E-state index contributed by atoms with van der Waals surface area (Å²) in [6.07, 6.45) is 0. The second-order valence-electron chi connectivity index (χ2n) is 3.92. The lowest BCUT2D eigenvalue weighted by atomic mass is 10.1. The highest BCUT2D eigenvalue weighted by atomic mass is 19.1. The molecule has 0 aromatic heterocycles. The molecule has 2 atom stereocenters. The lowest BCUT2D eigenvalue weighted by Gasteiger charge is -2.19. The van der Waals surface area contributed by atoms with E-state index >= 15 is 0 Å². The van der Waals surface area contributed by atoms with Crippen LogP contribution in [0.3, 0.4) is 0 Å². The molecule has 3 nitrogen and oxygen atoms in total. The molecule has 94 valence electrons. The maximum absolute atomic E-state index is 13.0. The van der Waals surface area contributed by atoms with Gasteiger partial charge < -0.3 is 4.74 Å². The number of rotatable bonds is 5. The Bertz CT molecular complexity index is 381. The third kappa shape index (κ3) is 4.15. The molecule has 1 N–H and O–H groups in total. The Labute approximate surface area is 101 Å². The summed E-state index contributed by atoms with van der Waals surface area (Å²) in [6, 6.07) is 5.80. The SMILES string of the molecule is CCOC(=O)C(C)N[C@@H](C)c1cccc(F)c1. The predicted molar refractivity (Wildman–Crippen MR) is 64.0 cm³/mol. The van der Waals surface area contributed by atoms with E-state index in [9.17, 15) is 9.18 Å². The molecule has 17 heavy (non-hydrogen) atoms. The molecule has 0 aliphatic heterocycles. The van der Waals surface area contributed by atoms with Crippen LogP contribution in [0.15, 0.2) is 24.3 Å². The molecule has 1 rings (SSSR count). The van der Waals surface area contributed by atoms with E-state index in [0.717, 1.165) is 5.56 Å². The zero-order valence-electron chi connectivity index (χ0n) is 10.4. The van der Waals surface area contributed by atoms with Crippen molar-refractivity contribution in [2.45, 2.75) is 32.9 Å². The van der Waals surface area contributed by atoms with E-state index in [1.807, 2.05) is 13.0 Å². The number of hydrogen-bond donors (Lipinski definition) is 1. The van der Waals surface area contributed by atoms with Gasteiger partial charge in [-0.25, -0.2) is 4.39 Å². The van der Waals surface area contributed by atoms with Crippen molar-refractivity contribution < 1.29 is 13.9 Å². The van der Waals surface area contributed by atoms with Gasteiger partial charge in [0.05, 0.1) is 6.61 Å². The number of carbonyl (C=O) groups is 1. The fourth-order valence-corrected chi connectivity index (χ4v) is 1.58. The van der Waals surface area contributed by atoms with Crippen molar-refractivity contribution in [3.63, 3.8) is 0 Å². The summed E-state index contributed by atoms with van der Waals surface area (Å²) in [7, 11) is 0. The molecule has 0 fully saturated rings. The van der Waals surface area contributed by atoms with Gasteiger partial charge in [0.1, 0.15) is 11.9 Å². The maximum Gasteiger partial charge on any atom is 0.322 e. The van der Waals surface area contributed by atoms with Crippen molar-refractivity contribution in [2.24, 2.45) is 0 Å². The first-order valence-electron chi connectivity index (χ1n) is 5.72. The first kappa shape index (κ1) is 13.6. The molecule has 0 amide bonds. The third-order valence-electron chi connectivity index (χ3n) is 2.49. The van der Waals surface area contributed by atoms with Gasteiger partial charge in [-0.2, -0.15) is 0 Å². The fourth-order valence-electron chi connectivity index (χ4n) is 1.58. The summed E-state index contributed by atoms with van der Waals surface area (Å²) in [5.74, 6) is -0.573. The Morgan fingerprint density at radius 1 is 1.47 bits per heavy atom. The van der Waals surface area contributed by atoms with E-state index in [-0.39, 0.29) is 17.8 Å². The van der Waals surface area contributed by atoms with Crippen molar-refractivity contribution in [3.05, 3.63) is 35.6 Å². The summed E-state index contributed by atoms with van der Waals surface area (Å²) in [4.78, 5) is 11.4. The zero-order chi connectivity index (χ0) is 12.8. The molecule has 0 saturated heterocycles. The zero-order valence-corrected chi connectivity index (χ0v) is 10.4. The summed E-state index contributed by atoms with van der Waals surface area (Å²) in [5.41, 5.74) is 0.807. The fraction of sp³-hybridized carbons (Fsp3) is 0.462. The topological polar surface area (TPSA) is 38.3 Å². The average molecular weight is 239 g/mol. The van der Waals surface area contributed by atoms with Crippen LogP contribution >= 0.6 is 0 Å². The Morgan fingerprint density at radius 3 is 2.76 bits per heavy atom. The van der Waals surface area contributed by atoms with Crippen LogP contribution in [0.1, 0.15) is 32.4 Å². The highest BCUT2D eigenvalue weighted by Crippen LogP contribution is 2.14. The van der Waals surface area contributed by atoms with Crippen molar-refractivity contribution in [3.8, 4) is 0 Å². The second kappa shape index (κ2) is 6.35. The van der Waals surface area contributed by atoms with E-state index in [1.165, 1.54) is 12.1 Å². The third-order valence-corrected chi connectivity index (χ3v) is 2.49. The summed E-state index contributed by atoms with van der Waals surface area (Å²) in [6.45, 7) is 5.73. The van der Waals surface area contributed by atoms with Gasteiger partial charge in [-0.05, 0) is 38.5 Å². The van der Waals surface area contributed by atoms with Crippen LogP contribution in [0.5, 0.6) is 0 Å². The van der Waals surface area contributed by atoms with E-state index in [1.54, 1.807) is 19.9 Å². The van der Waals surface area contributed by atoms with Gasteiger partial charge in [0.25, 0.3) is 0 Å². The smallest absolute Gasteiger partial charge is 0.322 e. The Balaban J connectivity index is 2.60. The van der Waals surface area contributed by atoms with E-state index in [0.29, 0.717) is 6.61 Å². The minimum Gasteiger partial charge on any atom is -0.465 e. The van der Waals surface area contributed by atoms with Crippen LogP contribution in [0.2, 0.25) is 0 Å². The Hall–Kier alpha value is -1.42. The average Bonchev–Trinajstić information content (AvgIpc) is 2.29. The van der Waals surface area contributed by atoms with Crippen LogP contribution in [0.4, 0.5) is 4.39 Å². The molecule has 0 aliphatic carbocycles. The molecule has 1 aromatic carbocycles. The van der Waals surface area contributed by atoms with Gasteiger partial charge in [-0.3, -0.25) is 10.1 Å². The normalized spacial score (nSPS) is 14.1. The van der Waals surface area contributed by atoms with Crippen LogP contribution in [-0.4, -0.2) is 18.6 Å². The molecule has 0 radical (unpaired) electrons. The Kier molecular flexibility index (Phi) is 5.10. The first-order valence-corrected chi connectivity index (χ1v) is 5.72. The first-order chi connectivity index (χ1) is 8.04. The number of carbonyl (C=O) groups excluding carboxylic acids is 1. The van der Waals surface area contributed by atoms with Crippen LogP contribution < -0.4 is 5.32 Å². The molecular formula is C13H18FNO2. The summed E-state index contributed by atoms with van der Waals surface area (Å²) in [5, 5.41) is 3.07. The van der Waals surface area contributed by atoms with E-state index in [2.05, 4.69) is 5.32 Å². The number of ether oxygens (including phenoxy) is 1. The molecule has 4 heteroatoms. The molecule has 1 unspecified atom stereocenters.